The van der Waals surface area contributed by atoms with E-state index in [0.29, 0.717) is 12.6 Å². The molecule has 0 saturated carbocycles. The van der Waals surface area contributed by atoms with Gasteiger partial charge in [-0.15, -0.1) is 0 Å². The van der Waals surface area contributed by atoms with Crippen molar-refractivity contribution >= 4 is 0 Å². The predicted molar refractivity (Wildman–Crippen MR) is 73.2 cm³/mol. The summed E-state index contributed by atoms with van der Waals surface area (Å²) in [5, 5.41) is 0. The summed E-state index contributed by atoms with van der Waals surface area (Å²) in [5.41, 5.74) is 6.88. The first-order valence-corrected chi connectivity index (χ1v) is 6.92. The monoisotopic (exact) mass is 251 g/mol. The molecule has 1 aromatic heterocycles. The summed E-state index contributed by atoms with van der Waals surface area (Å²) >= 11 is 0. The average Bonchev–Trinajstić information content (AvgIpc) is 2.97. The van der Waals surface area contributed by atoms with Crippen LogP contribution < -0.4 is 5.73 Å². The van der Waals surface area contributed by atoms with Gasteiger partial charge in [-0.1, -0.05) is 6.92 Å². The molecule has 1 aliphatic heterocycles. The minimum absolute atomic E-state index is 0.487. The van der Waals surface area contributed by atoms with Crippen molar-refractivity contribution in [2.75, 3.05) is 26.7 Å². The Morgan fingerprint density at radius 1 is 1.56 bits per heavy atom. The van der Waals surface area contributed by atoms with Crippen LogP contribution in [0.3, 0.4) is 0 Å². The topological polar surface area (TPSA) is 45.6 Å². The molecular weight excluding hydrogens is 226 g/mol. The van der Waals surface area contributed by atoms with Crippen LogP contribution in [0.15, 0.2) is 16.7 Å². The molecule has 1 saturated heterocycles. The molecule has 0 aliphatic carbocycles. The Morgan fingerprint density at radius 2 is 2.39 bits per heavy atom. The average molecular weight is 251 g/mol. The van der Waals surface area contributed by atoms with E-state index in [0.717, 1.165) is 25.4 Å². The molecule has 1 aromatic rings. The zero-order valence-electron chi connectivity index (χ0n) is 11.6. The fraction of sp³-hybridized carbons (Fsp3) is 0.714. The highest BCUT2D eigenvalue weighted by molar-refractivity contribution is 5.16. The molecule has 4 nitrogen and oxygen atoms in total. The van der Waals surface area contributed by atoms with E-state index < -0.39 is 0 Å². The summed E-state index contributed by atoms with van der Waals surface area (Å²) < 4.78 is 5.36. The Balaban J connectivity index is 1.86. The number of likely N-dealkylation sites (N-methyl/N-ethyl adjacent to an activating group) is 2. The van der Waals surface area contributed by atoms with Crippen molar-refractivity contribution in [3.8, 4) is 0 Å². The van der Waals surface area contributed by atoms with Crippen LogP contribution in [-0.2, 0) is 13.1 Å². The first kappa shape index (κ1) is 13.6. The van der Waals surface area contributed by atoms with Gasteiger partial charge in [0.15, 0.2) is 0 Å². The zero-order valence-corrected chi connectivity index (χ0v) is 11.6. The summed E-state index contributed by atoms with van der Waals surface area (Å²) in [7, 11) is 2.18. The Morgan fingerprint density at radius 3 is 3.11 bits per heavy atom. The van der Waals surface area contributed by atoms with Crippen LogP contribution >= 0.6 is 0 Å². The SMILES string of the molecule is CCN1CCCC1CN(C)Cc1ccoc1CN. The maximum atomic E-state index is 5.66. The number of hydrogen-bond acceptors (Lipinski definition) is 4. The lowest BCUT2D eigenvalue weighted by atomic mass is 10.2. The van der Waals surface area contributed by atoms with Crippen molar-refractivity contribution in [3.05, 3.63) is 23.7 Å². The van der Waals surface area contributed by atoms with Gasteiger partial charge in [-0.25, -0.2) is 0 Å². The van der Waals surface area contributed by atoms with Crippen LogP contribution in [0.25, 0.3) is 0 Å². The number of hydrogen-bond donors (Lipinski definition) is 1. The zero-order chi connectivity index (χ0) is 13.0. The van der Waals surface area contributed by atoms with Crippen LogP contribution in [0, 0.1) is 0 Å². The Hall–Kier alpha value is -0.840. The maximum Gasteiger partial charge on any atom is 0.121 e. The first-order chi connectivity index (χ1) is 8.74. The van der Waals surface area contributed by atoms with E-state index in [9.17, 15) is 0 Å². The molecule has 0 radical (unpaired) electrons. The summed E-state index contributed by atoms with van der Waals surface area (Å²) in [6.07, 6.45) is 4.40. The van der Waals surface area contributed by atoms with E-state index in [1.807, 2.05) is 6.07 Å². The normalized spacial score (nSPS) is 21.0. The van der Waals surface area contributed by atoms with Gasteiger partial charge in [0.1, 0.15) is 5.76 Å². The predicted octanol–water partition coefficient (Wildman–Crippen LogP) is 1.65. The van der Waals surface area contributed by atoms with Crippen molar-refractivity contribution in [3.63, 3.8) is 0 Å². The molecule has 0 aromatic carbocycles. The van der Waals surface area contributed by atoms with Crippen molar-refractivity contribution in [2.45, 2.75) is 38.9 Å². The third kappa shape index (κ3) is 3.13. The van der Waals surface area contributed by atoms with Gasteiger partial charge >= 0.3 is 0 Å². The summed E-state index contributed by atoms with van der Waals surface area (Å²) in [4.78, 5) is 4.96. The van der Waals surface area contributed by atoms with Gasteiger partial charge in [0.25, 0.3) is 0 Å². The van der Waals surface area contributed by atoms with Gasteiger partial charge in [0.05, 0.1) is 12.8 Å². The standard InChI is InChI=1S/C14H25N3O/c1-3-17-7-4-5-13(17)11-16(2)10-12-6-8-18-14(12)9-15/h6,8,13H,3-5,7,9-11,15H2,1-2H3. The Bertz CT molecular complexity index is 364. The number of furan rings is 1. The van der Waals surface area contributed by atoms with Gasteiger partial charge in [-0.05, 0) is 39.0 Å². The van der Waals surface area contributed by atoms with Crippen molar-refractivity contribution in [1.29, 1.82) is 0 Å². The van der Waals surface area contributed by atoms with Gasteiger partial charge in [0.2, 0.25) is 0 Å². The smallest absolute Gasteiger partial charge is 0.121 e. The molecular formula is C14H25N3O. The third-order valence-electron chi connectivity index (χ3n) is 3.89. The third-order valence-corrected chi connectivity index (χ3v) is 3.89. The molecule has 0 spiro atoms. The highest BCUT2D eigenvalue weighted by atomic mass is 16.3. The molecule has 18 heavy (non-hydrogen) atoms. The highest BCUT2D eigenvalue weighted by Crippen LogP contribution is 2.19. The van der Waals surface area contributed by atoms with Crippen LogP contribution in [0.5, 0.6) is 0 Å². The summed E-state index contributed by atoms with van der Waals surface area (Å²) in [6.45, 7) is 7.22. The fourth-order valence-corrected chi connectivity index (χ4v) is 2.92. The Labute approximate surface area is 110 Å². The second-order valence-electron chi connectivity index (χ2n) is 5.19. The molecule has 2 heterocycles. The van der Waals surface area contributed by atoms with Gasteiger partial charge < -0.3 is 15.1 Å². The minimum atomic E-state index is 0.487. The molecule has 2 rings (SSSR count). The second kappa shape index (κ2) is 6.36. The van der Waals surface area contributed by atoms with Crippen LogP contribution in [-0.4, -0.2) is 42.5 Å². The first-order valence-electron chi connectivity index (χ1n) is 6.92. The van der Waals surface area contributed by atoms with Crippen LogP contribution in [0.2, 0.25) is 0 Å². The van der Waals surface area contributed by atoms with Gasteiger partial charge in [0, 0.05) is 24.7 Å². The maximum absolute atomic E-state index is 5.66. The van der Waals surface area contributed by atoms with Crippen molar-refractivity contribution in [2.24, 2.45) is 5.73 Å². The van der Waals surface area contributed by atoms with Crippen LogP contribution in [0.4, 0.5) is 0 Å². The lowest BCUT2D eigenvalue weighted by Crippen LogP contribution is -2.38. The molecule has 1 aliphatic rings. The summed E-state index contributed by atoms with van der Waals surface area (Å²) in [6, 6.07) is 2.75. The Kier molecular flexibility index (Phi) is 4.80. The van der Waals surface area contributed by atoms with E-state index in [1.54, 1.807) is 6.26 Å². The summed E-state index contributed by atoms with van der Waals surface area (Å²) in [5.74, 6) is 0.917. The van der Waals surface area contributed by atoms with E-state index in [-0.39, 0.29) is 0 Å². The fourth-order valence-electron chi connectivity index (χ4n) is 2.92. The highest BCUT2D eigenvalue weighted by Gasteiger charge is 2.24. The number of rotatable bonds is 6. The number of nitrogens with zero attached hydrogens (tertiary/aromatic N) is 2. The molecule has 0 amide bonds. The molecule has 1 atom stereocenters. The van der Waals surface area contributed by atoms with Crippen molar-refractivity contribution in [1.82, 2.24) is 9.80 Å². The lowest BCUT2D eigenvalue weighted by Gasteiger charge is -2.27. The molecule has 4 heteroatoms. The molecule has 1 unspecified atom stereocenters. The molecule has 102 valence electrons. The molecule has 0 bridgehead atoms. The van der Waals surface area contributed by atoms with E-state index in [2.05, 4.69) is 23.8 Å². The molecule has 2 N–H and O–H groups in total. The quantitative estimate of drug-likeness (QED) is 0.835. The van der Waals surface area contributed by atoms with Gasteiger partial charge in [-0.2, -0.15) is 0 Å². The minimum Gasteiger partial charge on any atom is -0.468 e. The van der Waals surface area contributed by atoms with E-state index in [4.69, 9.17) is 10.2 Å². The van der Waals surface area contributed by atoms with Gasteiger partial charge in [-0.3, -0.25) is 4.90 Å². The van der Waals surface area contributed by atoms with E-state index in [1.165, 1.54) is 24.9 Å². The lowest BCUT2D eigenvalue weighted by molar-refractivity contribution is 0.194. The van der Waals surface area contributed by atoms with Crippen molar-refractivity contribution < 1.29 is 4.42 Å². The number of nitrogens with two attached hydrogens (primary N) is 1. The second-order valence-corrected chi connectivity index (χ2v) is 5.19. The molecule has 1 fully saturated rings. The van der Waals surface area contributed by atoms with E-state index >= 15 is 0 Å². The van der Waals surface area contributed by atoms with Crippen LogP contribution in [0.1, 0.15) is 31.1 Å². The largest absolute Gasteiger partial charge is 0.468 e. The number of likely N-dealkylation sites (tertiary alicyclic amines) is 1.